The predicted octanol–water partition coefficient (Wildman–Crippen LogP) is 3.59. The van der Waals surface area contributed by atoms with E-state index in [1.165, 1.54) is 43.2 Å². The fraction of sp³-hybridized carbons (Fsp3) is 0.611. The minimum atomic E-state index is 0.719. The Morgan fingerprint density at radius 2 is 2.14 bits per heavy atom. The predicted molar refractivity (Wildman–Crippen MR) is 88.3 cm³/mol. The van der Waals surface area contributed by atoms with E-state index in [2.05, 4.69) is 35.4 Å². The van der Waals surface area contributed by atoms with E-state index in [1.54, 1.807) is 7.11 Å². The second-order valence-electron chi connectivity index (χ2n) is 5.98. The average Bonchev–Trinajstić information content (AvgIpc) is 2.53. The summed E-state index contributed by atoms with van der Waals surface area (Å²) in [6.45, 7) is 4.70. The number of hydrogen-bond donors (Lipinski definition) is 1. The van der Waals surface area contributed by atoms with Crippen LogP contribution in [0.25, 0.3) is 6.08 Å². The summed E-state index contributed by atoms with van der Waals surface area (Å²) in [6.07, 6.45) is 11.0. The molecule has 0 spiro atoms. The quantitative estimate of drug-likeness (QED) is 0.779. The van der Waals surface area contributed by atoms with Gasteiger partial charge in [0, 0.05) is 26.4 Å². The largest absolute Gasteiger partial charge is 0.383 e. The second kappa shape index (κ2) is 8.96. The first-order valence-electron chi connectivity index (χ1n) is 8.12. The Kier molecular flexibility index (Phi) is 6.90. The third kappa shape index (κ3) is 5.60. The van der Waals surface area contributed by atoms with E-state index in [4.69, 9.17) is 4.74 Å². The van der Waals surface area contributed by atoms with Crippen LogP contribution in [-0.4, -0.2) is 31.8 Å². The average molecular weight is 288 g/mol. The van der Waals surface area contributed by atoms with Crippen molar-refractivity contribution in [3.63, 3.8) is 0 Å². The minimum absolute atomic E-state index is 0.719. The lowest BCUT2D eigenvalue weighted by Crippen LogP contribution is -2.25. The molecule has 1 aliphatic carbocycles. The Bertz CT molecular complexity index is 433. The van der Waals surface area contributed by atoms with Gasteiger partial charge in [0.1, 0.15) is 0 Å². The van der Waals surface area contributed by atoms with Crippen molar-refractivity contribution in [2.24, 2.45) is 5.92 Å². The molecule has 2 rings (SSSR count). The number of aryl methyl sites for hydroxylation is 1. The zero-order valence-electron chi connectivity index (χ0n) is 13.4. The highest BCUT2D eigenvalue weighted by Gasteiger charge is 2.17. The standard InChI is InChI=1S/C18H28N2O/c1-15-8-9-18(20-13-15)12-17(14-19-10-11-21-2)16-6-4-3-5-7-16/h8-9,12-13,16,19H,3-7,10-11,14H2,1-2H3/b17-12-. The zero-order valence-corrected chi connectivity index (χ0v) is 13.4. The van der Waals surface area contributed by atoms with Gasteiger partial charge in [0.15, 0.2) is 0 Å². The fourth-order valence-electron chi connectivity index (χ4n) is 2.95. The van der Waals surface area contributed by atoms with Gasteiger partial charge in [0.2, 0.25) is 0 Å². The summed E-state index contributed by atoms with van der Waals surface area (Å²) >= 11 is 0. The van der Waals surface area contributed by atoms with Crippen molar-refractivity contribution in [2.45, 2.75) is 39.0 Å². The molecule has 1 saturated carbocycles. The number of pyridine rings is 1. The van der Waals surface area contributed by atoms with Crippen LogP contribution in [0.15, 0.2) is 23.9 Å². The van der Waals surface area contributed by atoms with Gasteiger partial charge in [-0.2, -0.15) is 0 Å². The number of hydrogen-bond acceptors (Lipinski definition) is 3. The van der Waals surface area contributed by atoms with Crippen LogP contribution >= 0.6 is 0 Å². The van der Waals surface area contributed by atoms with E-state index in [9.17, 15) is 0 Å². The molecule has 1 aliphatic rings. The molecule has 0 saturated heterocycles. The molecule has 1 fully saturated rings. The van der Waals surface area contributed by atoms with E-state index >= 15 is 0 Å². The molecule has 116 valence electrons. The second-order valence-corrected chi connectivity index (χ2v) is 5.98. The molecule has 0 radical (unpaired) electrons. The molecule has 1 N–H and O–H groups in total. The Labute approximate surface area is 128 Å². The summed E-state index contributed by atoms with van der Waals surface area (Å²) in [6, 6.07) is 4.25. The molecule has 0 aliphatic heterocycles. The van der Waals surface area contributed by atoms with E-state index < -0.39 is 0 Å². The molecule has 0 aromatic carbocycles. The zero-order chi connectivity index (χ0) is 14.9. The highest BCUT2D eigenvalue weighted by Crippen LogP contribution is 2.30. The van der Waals surface area contributed by atoms with Gasteiger partial charge in [-0.05, 0) is 43.4 Å². The van der Waals surface area contributed by atoms with Gasteiger partial charge < -0.3 is 10.1 Å². The van der Waals surface area contributed by atoms with Crippen LogP contribution in [0, 0.1) is 12.8 Å². The number of aromatic nitrogens is 1. The number of ether oxygens (including phenoxy) is 1. The summed E-state index contributed by atoms with van der Waals surface area (Å²) in [4.78, 5) is 4.53. The van der Waals surface area contributed by atoms with Crippen LogP contribution in [0.5, 0.6) is 0 Å². The van der Waals surface area contributed by atoms with Crippen LogP contribution in [-0.2, 0) is 4.74 Å². The highest BCUT2D eigenvalue weighted by molar-refractivity contribution is 5.50. The van der Waals surface area contributed by atoms with E-state index in [-0.39, 0.29) is 0 Å². The van der Waals surface area contributed by atoms with E-state index in [1.807, 2.05) is 6.20 Å². The van der Waals surface area contributed by atoms with Crippen LogP contribution in [0.4, 0.5) is 0 Å². The number of nitrogens with one attached hydrogen (secondary N) is 1. The molecule has 1 heterocycles. The van der Waals surface area contributed by atoms with E-state index in [0.717, 1.165) is 31.3 Å². The first-order chi connectivity index (χ1) is 10.3. The first-order valence-corrected chi connectivity index (χ1v) is 8.12. The van der Waals surface area contributed by atoms with Crippen molar-refractivity contribution < 1.29 is 4.74 Å². The summed E-state index contributed by atoms with van der Waals surface area (Å²) in [5, 5.41) is 3.49. The van der Waals surface area contributed by atoms with E-state index in [0.29, 0.717) is 0 Å². The Balaban J connectivity index is 2.04. The lowest BCUT2D eigenvalue weighted by atomic mass is 9.83. The van der Waals surface area contributed by atoms with Gasteiger partial charge in [-0.15, -0.1) is 0 Å². The van der Waals surface area contributed by atoms with Crippen LogP contribution in [0.3, 0.4) is 0 Å². The van der Waals surface area contributed by atoms with Crippen LogP contribution < -0.4 is 5.32 Å². The maximum Gasteiger partial charge on any atom is 0.0629 e. The van der Waals surface area contributed by atoms with Crippen LogP contribution in [0.2, 0.25) is 0 Å². The van der Waals surface area contributed by atoms with Crippen molar-refractivity contribution in [3.05, 3.63) is 35.2 Å². The number of rotatable bonds is 7. The third-order valence-corrected chi connectivity index (χ3v) is 4.21. The third-order valence-electron chi connectivity index (χ3n) is 4.21. The number of methoxy groups -OCH3 is 1. The Hall–Kier alpha value is -1.19. The van der Waals surface area contributed by atoms with Crippen molar-refractivity contribution in [2.75, 3.05) is 26.8 Å². The lowest BCUT2D eigenvalue weighted by Gasteiger charge is -2.25. The molecule has 1 aromatic rings. The molecule has 0 amide bonds. The molecule has 3 nitrogen and oxygen atoms in total. The molecule has 0 bridgehead atoms. The minimum Gasteiger partial charge on any atom is -0.383 e. The summed E-state index contributed by atoms with van der Waals surface area (Å²) in [5.41, 5.74) is 3.79. The van der Waals surface area contributed by atoms with Crippen molar-refractivity contribution in [3.8, 4) is 0 Å². The molecule has 21 heavy (non-hydrogen) atoms. The van der Waals surface area contributed by atoms with Crippen LogP contribution in [0.1, 0.15) is 43.4 Å². The SMILES string of the molecule is COCCNC/C(=C/c1ccc(C)cn1)C1CCCCC1. The first kappa shape index (κ1) is 16.2. The summed E-state index contributed by atoms with van der Waals surface area (Å²) in [7, 11) is 1.75. The van der Waals surface area contributed by atoms with Gasteiger partial charge in [0.05, 0.1) is 12.3 Å². The van der Waals surface area contributed by atoms with Gasteiger partial charge in [0.25, 0.3) is 0 Å². The molecular weight excluding hydrogens is 260 g/mol. The molecule has 0 unspecified atom stereocenters. The van der Waals surface area contributed by atoms with Crippen molar-refractivity contribution >= 4 is 6.08 Å². The Morgan fingerprint density at radius 3 is 2.81 bits per heavy atom. The smallest absolute Gasteiger partial charge is 0.0629 e. The van der Waals surface area contributed by atoms with Gasteiger partial charge >= 0.3 is 0 Å². The molecule has 0 atom stereocenters. The molecule has 3 heteroatoms. The van der Waals surface area contributed by atoms with Gasteiger partial charge in [-0.25, -0.2) is 0 Å². The maximum atomic E-state index is 5.11. The topological polar surface area (TPSA) is 34.1 Å². The monoisotopic (exact) mass is 288 g/mol. The normalized spacial score (nSPS) is 17.1. The van der Waals surface area contributed by atoms with Gasteiger partial charge in [-0.1, -0.05) is 30.9 Å². The van der Waals surface area contributed by atoms with Crippen molar-refractivity contribution in [1.82, 2.24) is 10.3 Å². The molecular formula is C18H28N2O. The molecule has 1 aromatic heterocycles. The van der Waals surface area contributed by atoms with Crippen molar-refractivity contribution in [1.29, 1.82) is 0 Å². The Morgan fingerprint density at radius 1 is 1.33 bits per heavy atom. The maximum absolute atomic E-state index is 5.11. The van der Waals surface area contributed by atoms with Gasteiger partial charge in [-0.3, -0.25) is 4.98 Å². The number of nitrogens with zero attached hydrogens (tertiary/aromatic N) is 1. The summed E-state index contributed by atoms with van der Waals surface area (Å²) < 4.78 is 5.11. The highest BCUT2D eigenvalue weighted by atomic mass is 16.5. The fourth-order valence-corrected chi connectivity index (χ4v) is 2.95. The summed E-state index contributed by atoms with van der Waals surface area (Å²) in [5.74, 6) is 0.719. The lowest BCUT2D eigenvalue weighted by molar-refractivity contribution is 0.200.